The van der Waals surface area contributed by atoms with Crippen LogP contribution in [0.3, 0.4) is 0 Å². The molecule has 134 valence electrons. The number of hydrogen-bond donors (Lipinski definition) is 1. The SMILES string of the molecule is Cc1ccc(O[C@@H](C)C(=O)Nc2ccc3c(c2)C(=O)N(C)C3=O)c(Br)c1. The molecule has 1 N–H and O–H groups in total. The van der Waals surface area contributed by atoms with Crippen molar-refractivity contribution in [1.29, 1.82) is 0 Å². The van der Waals surface area contributed by atoms with Gasteiger partial charge in [0.1, 0.15) is 5.75 Å². The summed E-state index contributed by atoms with van der Waals surface area (Å²) in [6.07, 6.45) is -0.748. The molecule has 0 spiro atoms. The quantitative estimate of drug-likeness (QED) is 0.774. The molecule has 0 aliphatic carbocycles. The summed E-state index contributed by atoms with van der Waals surface area (Å²) in [6.45, 7) is 3.60. The van der Waals surface area contributed by atoms with Gasteiger partial charge < -0.3 is 10.1 Å². The third-order valence-corrected chi connectivity index (χ3v) is 4.74. The molecular weight excluding hydrogens is 400 g/mol. The minimum atomic E-state index is -0.748. The standard InChI is InChI=1S/C19H17BrN2O4/c1-10-4-7-16(15(20)8-10)26-11(2)17(23)21-12-5-6-13-14(9-12)19(25)22(3)18(13)24/h4-9,11H,1-3H3,(H,21,23)/t11-/m0/s1. The molecule has 3 rings (SSSR count). The van der Waals surface area contributed by atoms with Crippen LogP contribution in [0.1, 0.15) is 33.2 Å². The van der Waals surface area contributed by atoms with Gasteiger partial charge in [-0.15, -0.1) is 0 Å². The number of fused-ring (bicyclic) bond motifs is 1. The van der Waals surface area contributed by atoms with Gasteiger partial charge in [0.25, 0.3) is 17.7 Å². The maximum Gasteiger partial charge on any atom is 0.265 e. The number of amides is 3. The summed E-state index contributed by atoms with van der Waals surface area (Å²) in [5, 5.41) is 2.71. The Bertz CT molecular complexity index is 926. The van der Waals surface area contributed by atoms with E-state index in [9.17, 15) is 14.4 Å². The van der Waals surface area contributed by atoms with E-state index in [0.29, 0.717) is 17.0 Å². The van der Waals surface area contributed by atoms with Crippen LogP contribution < -0.4 is 10.1 Å². The van der Waals surface area contributed by atoms with Crippen LogP contribution >= 0.6 is 15.9 Å². The predicted molar refractivity (Wildman–Crippen MR) is 100 cm³/mol. The van der Waals surface area contributed by atoms with Crippen molar-refractivity contribution < 1.29 is 19.1 Å². The molecule has 0 radical (unpaired) electrons. The Kier molecular flexibility index (Phi) is 4.82. The highest BCUT2D eigenvalue weighted by Gasteiger charge is 2.32. The highest BCUT2D eigenvalue weighted by atomic mass is 79.9. The maximum atomic E-state index is 12.4. The fourth-order valence-corrected chi connectivity index (χ4v) is 3.22. The molecule has 0 fully saturated rings. The number of imide groups is 1. The number of nitrogens with one attached hydrogen (secondary N) is 1. The number of ether oxygens (including phenoxy) is 1. The summed E-state index contributed by atoms with van der Waals surface area (Å²) >= 11 is 3.41. The zero-order valence-electron chi connectivity index (χ0n) is 14.5. The third kappa shape index (κ3) is 3.35. The minimum absolute atomic E-state index is 0.283. The van der Waals surface area contributed by atoms with Gasteiger partial charge in [0.2, 0.25) is 0 Å². The number of benzene rings is 2. The molecule has 7 heteroatoms. The largest absolute Gasteiger partial charge is 0.480 e. The number of halogens is 1. The maximum absolute atomic E-state index is 12.4. The Morgan fingerprint density at radius 1 is 1.12 bits per heavy atom. The monoisotopic (exact) mass is 416 g/mol. The third-order valence-electron chi connectivity index (χ3n) is 4.12. The van der Waals surface area contributed by atoms with Crippen LogP contribution in [0.4, 0.5) is 5.69 Å². The Labute approximate surface area is 159 Å². The topological polar surface area (TPSA) is 75.7 Å². The van der Waals surface area contributed by atoms with Gasteiger partial charge in [-0.05, 0) is 65.7 Å². The summed E-state index contributed by atoms with van der Waals surface area (Å²) in [5.74, 6) is -0.519. The van der Waals surface area contributed by atoms with E-state index in [0.717, 1.165) is 14.9 Å². The molecule has 0 saturated carbocycles. The van der Waals surface area contributed by atoms with Crippen molar-refractivity contribution in [2.75, 3.05) is 12.4 Å². The van der Waals surface area contributed by atoms with Gasteiger partial charge in [-0.1, -0.05) is 6.07 Å². The first-order valence-corrected chi connectivity index (χ1v) is 8.77. The molecule has 1 atom stereocenters. The number of carbonyl (C=O) groups is 3. The fraction of sp³-hybridized carbons (Fsp3) is 0.211. The van der Waals surface area contributed by atoms with Gasteiger partial charge in [-0.3, -0.25) is 19.3 Å². The summed E-state index contributed by atoms with van der Waals surface area (Å²) in [4.78, 5) is 37.4. The van der Waals surface area contributed by atoms with Crippen LogP contribution in [0.25, 0.3) is 0 Å². The van der Waals surface area contributed by atoms with Crippen molar-refractivity contribution in [3.63, 3.8) is 0 Å². The first-order chi connectivity index (χ1) is 12.3. The Balaban J connectivity index is 1.72. The number of nitrogens with zero attached hydrogens (tertiary/aromatic N) is 1. The van der Waals surface area contributed by atoms with Gasteiger partial charge in [0.15, 0.2) is 6.10 Å². The van der Waals surface area contributed by atoms with Gasteiger partial charge in [0.05, 0.1) is 15.6 Å². The van der Waals surface area contributed by atoms with Gasteiger partial charge in [-0.25, -0.2) is 0 Å². The van der Waals surface area contributed by atoms with Crippen LogP contribution in [-0.2, 0) is 4.79 Å². The average molecular weight is 417 g/mol. The van der Waals surface area contributed by atoms with Crippen molar-refractivity contribution in [3.05, 3.63) is 57.6 Å². The highest BCUT2D eigenvalue weighted by Crippen LogP contribution is 2.27. The number of aryl methyl sites for hydroxylation is 1. The highest BCUT2D eigenvalue weighted by molar-refractivity contribution is 9.10. The van der Waals surface area contributed by atoms with Crippen LogP contribution in [0.2, 0.25) is 0 Å². The second-order valence-electron chi connectivity index (χ2n) is 6.11. The van der Waals surface area contributed by atoms with Crippen LogP contribution in [0.5, 0.6) is 5.75 Å². The lowest BCUT2D eigenvalue weighted by Gasteiger charge is -2.16. The van der Waals surface area contributed by atoms with E-state index in [2.05, 4.69) is 21.2 Å². The van der Waals surface area contributed by atoms with Gasteiger partial charge in [-0.2, -0.15) is 0 Å². The zero-order valence-corrected chi connectivity index (χ0v) is 16.1. The Hall–Kier alpha value is -2.67. The first-order valence-electron chi connectivity index (χ1n) is 7.98. The van der Waals surface area contributed by atoms with Crippen LogP contribution in [0.15, 0.2) is 40.9 Å². The van der Waals surface area contributed by atoms with Crippen molar-refractivity contribution in [3.8, 4) is 5.75 Å². The van der Waals surface area contributed by atoms with Crippen molar-refractivity contribution in [1.82, 2.24) is 4.90 Å². The lowest BCUT2D eigenvalue weighted by molar-refractivity contribution is -0.122. The van der Waals surface area contributed by atoms with E-state index in [4.69, 9.17) is 4.74 Å². The molecule has 0 bridgehead atoms. The molecule has 3 amide bonds. The second-order valence-corrected chi connectivity index (χ2v) is 6.97. The summed E-state index contributed by atoms with van der Waals surface area (Å²) < 4.78 is 6.46. The van der Waals surface area contributed by atoms with E-state index in [1.54, 1.807) is 19.1 Å². The zero-order chi connectivity index (χ0) is 19.0. The predicted octanol–water partition coefficient (Wildman–Crippen LogP) is 3.39. The average Bonchev–Trinajstić information content (AvgIpc) is 2.81. The fourth-order valence-electron chi connectivity index (χ4n) is 2.63. The lowest BCUT2D eigenvalue weighted by atomic mass is 10.1. The Morgan fingerprint density at radius 3 is 2.50 bits per heavy atom. The summed E-state index contributed by atoms with van der Waals surface area (Å²) in [6, 6.07) is 10.2. The molecule has 0 unspecified atom stereocenters. The molecule has 6 nitrogen and oxygen atoms in total. The van der Waals surface area contributed by atoms with Gasteiger partial charge in [0, 0.05) is 12.7 Å². The Morgan fingerprint density at radius 2 is 1.81 bits per heavy atom. The summed E-state index contributed by atoms with van der Waals surface area (Å²) in [5.41, 5.74) is 2.13. The molecule has 1 aliphatic heterocycles. The molecular formula is C19H17BrN2O4. The smallest absolute Gasteiger partial charge is 0.265 e. The van der Waals surface area contributed by atoms with Crippen molar-refractivity contribution in [2.45, 2.75) is 20.0 Å². The van der Waals surface area contributed by atoms with E-state index < -0.39 is 6.10 Å². The molecule has 1 heterocycles. The molecule has 26 heavy (non-hydrogen) atoms. The number of anilines is 1. The second kappa shape index (κ2) is 6.92. The van der Waals surface area contributed by atoms with Crippen molar-refractivity contribution >= 4 is 39.3 Å². The minimum Gasteiger partial charge on any atom is -0.480 e. The van der Waals surface area contributed by atoms with Crippen LogP contribution in [0, 0.1) is 6.92 Å². The molecule has 0 saturated heterocycles. The molecule has 2 aromatic carbocycles. The number of rotatable bonds is 4. The molecule has 2 aromatic rings. The first kappa shape index (κ1) is 18.1. The van der Waals surface area contributed by atoms with E-state index >= 15 is 0 Å². The number of hydrogen-bond acceptors (Lipinski definition) is 4. The number of carbonyl (C=O) groups excluding carboxylic acids is 3. The van der Waals surface area contributed by atoms with Gasteiger partial charge >= 0.3 is 0 Å². The van der Waals surface area contributed by atoms with E-state index in [1.165, 1.54) is 19.2 Å². The normalized spacial score (nSPS) is 14.2. The van der Waals surface area contributed by atoms with E-state index in [-0.39, 0.29) is 23.3 Å². The molecule has 0 aromatic heterocycles. The van der Waals surface area contributed by atoms with E-state index in [1.807, 2.05) is 19.1 Å². The summed E-state index contributed by atoms with van der Waals surface area (Å²) in [7, 11) is 1.43. The van der Waals surface area contributed by atoms with Crippen LogP contribution in [-0.4, -0.2) is 35.8 Å². The lowest BCUT2D eigenvalue weighted by Crippen LogP contribution is -2.30. The molecule has 1 aliphatic rings. The van der Waals surface area contributed by atoms with Crippen molar-refractivity contribution in [2.24, 2.45) is 0 Å².